The second-order valence-corrected chi connectivity index (χ2v) is 12.4. The van der Waals surface area contributed by atoms with E-state index in [9.17, 15) is 19.2 Å². The molecular formula is C26H23N3O5S2. The van der Waals surface area contributed by atoms with Crippen LogP contribution >= 0.6 is 23.1 Å². The van der Waals surface area contributed by atoms with Gasteiger partial charge in [-0.3, -0.25) is 24.1 Å². The van der Waals surface area contributed by atoms with Crippen LogP contribution in [0.15, 0.2) is 56.9 Å². The zero-order valence-corrected chi connectivity index (χ0v) is 20.9. The van der Waals surface area contributed by atoms with Crippen LogP contribution in [0.3, 0.4) is 0 Å². The molecule has 6 unspecified atom stereocenters. The van der Waals surface area contributed by atoms with Gasteiger partial charge in [-0.05, 0) is 60.9 Å². The van der Waals surface area contributed by atoms with Crippen LogP contribution in [0.5, 0.6) is 0 Å². The largest absolute Gasteiger partial charge is 0.469 e. The molecule has 184 valence electrons. The van der Waals surface area contributed by atoms with E-state index in [1.807, 2.05) is 37.3 Å². The van der Waals surface area contributed by atoms with Gasteiger partial charge in [-0.15, -0.1) is 11.8 Å². The van der Waals surface area contributed by atoms with E-state index in [0.717, 1.165) is 27.6 Å². The van der Waals surface area contributed by atoms with E-state index < -0.39 is 11.8 Å². The summed E-state index contributed by atoms with van der Waals surface area (Å²) in [5.74, 6) is -0.928. The predicted octanol–water partition coefficient (Wildman–Crippen LogP) is 3.45. The lowest BCUT2D eigenvalue weighted by molar-refractivity contribution is -0.143. The van der Waals surface area contributed by atoms with Gasteiger partial charge in [0.15, 0.2) is 0 Å². The van der Waals surface area contributed by atoms with E-state index >= 15 is 0 Å². The molecule has 7 atom stereocenters. The summed E-state index contributed by atoms with van der Waals surface area (Å²) in [7, 11) is 0. The molecule has 3 fully saturated rings. The van der Waals surface area contributed by atoms with E-state index in [1.165, 1.54) is 16.2 Å². The zero-order valence-electron chi connectivity index (χ0n) is 19.3. The van der Waals surface area contributed by atoms with Crippen molar-refractivity contribution in [2.45, 2.75) is 29.5 Å². The van der Waals surface area contributed by atoms with Crippen molar-refractivity contribution in [3.8, 4) is 0 Å². The molecule has 4 aliphatic rings. The van der Waals surface area contributed by atoms with E-state index in [1.54, 1.807) is 24.1 Å². The highest BCUT2D eigenvalue weighted by molar-refractivity contribution is 8.00. The highest BCUT2D eigenvalue weighted by Crippen LogP contribution is 2.68. The number of H-pyrrole nitrogens is 1. The monoisotopic (exact) mass is 521 g/mol. The number of hydrogen-bond donors (Lipinski definition) is 2. The Balaban J connectivity index is 1.18. The van der Waals surface area contributed by atoms with Crippen LogP contribution in [0.2, 0.25) is 0 Å². The molecule has 0 spiro atoms. The molecule has 10 heteroatoms. The Labute approximate surface area is 214 Å². The first kappa shape index (κ1) is 22.1. The fourth-order valence-electron chi connectivity index (χ4n) is 7.09. The van der Waals surface area contributed by atoms with Gasteiger partial charge in [0.25, 0.3) is 0 Å². The number of aromatic nitrogens is 1. The molecule has 2 aromatic heterocycles. The summed E-state index contributed by atoms with van der Waals surface area (Å²) in [5, 5.41) is 3.76. The van der Waals surface area contributed by atoms with Gasteiger partial charge >= 0.3 is 4.87 Å². The van der Waals surface area contributed by atoms with E-state index in [-0.39, 0.29) is 58.1 Å². The molecule has 7 rings (SSSR count). The molecule has 2 aliphatic heterocycles. The number of nitrogens with one attached hydrogen (secondary N) is 2. The summed E-state index contributed by atoms with van der Waals surface area (Å²) >= 11 is 2.84. The van der Waals surface area contributed by atoms with Gasteiger partial charge in [0, 0.05) is 10.9 Å². The van der Waals surface area contributed by atoms with Gasteiger partial charge in [0.1, 0.15) is 12.3 Å². The minimum absolute atomic E-state index is 0.000707. The Morgan fingerprint density at radius 2 is 1.94 bits per heavy atom. The molecule has 2 N–H and O–H groups in total. The lowest BCUT2D eigenvalue weighted by Gasteiger charge is -2.42. The van der Waals surface area contributed by atoms with Crippen LogP contribution in [0.4, 0.5) is 5.69 Å². The maximum Gasteiger partial charge on any atom is 0.305 e. The van der Waals surface area contributed by atoms with Gasteiger partial charge in [-0.25, -0.2) is 0 Å². The van der Waals surface area contributed by atoms with Crippen LogP contribution < -0.4 is 10.2 Å². The molecule has 2 bridgehead atoms. The number of amides is 3. The number of fused-ring (bicyclic) bond motifs is 9. The molecule has 2 aliphatic carbocycles. The Kier molecular flexibility index (Phi) is 4.88. The second-order valence-electron chi connectivity index (χ2n) is 10.2. The zero-order chi connectivity index (χ0) is 24.7. The lowest BCUT2D eigenvalue weighted by Crippen LogP contribution is -2.42. The number of benzene rings is 1. The third kappa shape index (κ3) is 3.13. The molecular weight excluding hydrogens is 498 g/mol. The Morgan fingerprint density at radius 1 is 1.14 bits per heavy atom. The van der Waals surface area contributed by atoms with Crippen molar-refractivity contribution in [3.63, 3.8) is 0 Å². The number of carbonyl (C=O) groups is 3. The lowest BCUT2D eigenvalue weighted by atomic mass is 9.69. The molecule has 1 saturated heterocycles. The number of nitrogens with zero attached hydrogens (tertiary/aromatic N) is 1. The minimum Gasteiger partial charge on any atom is -0.469 e. The number of thiazole rings is 1. The van der Waals surface area contributed by atoms with Gasteiger partial charge in [0.05, 0.1) is 33.9 Å². The summed E-state index contributed by atoms with van der Waals surface area (Å²) in [6.45, 7) is 1.66. The molecule has 3 aromatic rings. The Bertz CT molecular complexity index is 1460. The summed E-state index contributed by atoms with van der Waals surface area (Å²) in [5.41, 5.74) is 1.65. The summed E-state index contributed by atoms with van der Waals surface area (Å²) < 4.78 is 5.82. The molecule has 2 saturated carbocycles. The molecule has 8 nitrogen and oxygen atoms in total. The average Bonchev–Trinajstić information content (AvgIpc) is 3.64. The van der Waals surface area contributed by atoms with Crippen molar-refractivity contribution in [3.05, 3.63) is 68.5 Å². The fourth-order valence-corrected chi connectivity index (χ4v) is 9.96. The first-order chi connectivity index (χ1) is 17.4. The molecule has 36 heavy (non-hydrogen) atoms. The highest BCUT2D eigenvalue weighted by Gasteiger charge is 2.69. The van der Waals surface area contributed by atoms with Gasteiger partial charge in [-0.2, -0.15) is 0 Å². The van der Waals surface area contributed by atoms with Crippen molar-refractivity contribution < 1.29 is 18.8 Å². The minimum atomic E-state index is -0.425. The van der Waals surface area contributed by atoms with Crippen molar-refractivity contribution in [2.75, 3.05) is 11.9 Å². The topological polar surface area (TPSA) is 112 Å². The van der Waals surface area contributed by atoms with Crippen molar-refractivity contribution >= 4 is 46.5 Å². The normalized spacial score (nSPS) is 31.9. The van der Waals surface area contributed by atoms with Crippen molar-refractivity contribution in [2.24, 2.45) is 29.6 Å². The number of anilines is 1. The number of rotatable bonds is 4. The van der Waals surface area contributed by atoms with Crippen LogP contribution in [-0.4, -0.2) is 39.4 Å². The molecule has 0 radical (unpaired) electrons. The molecule has 3 amide bonds. The maximum atomic E-state index is 13.6. The number of aromatic amines is 1. The SMILES string of the molecule is Cc1cccc(NC(=O)CN2C(=O)C3C4CC(C3C2=O)C2C4Sc3[nH]c(=O)sc3[C@@H]2c2ccco2)c1. The summed E-state index contributed by atoms with van der Waals surface area (Å²) in [6, 6.07) is 11.2. The number of carbonyl (C=O) groups excluding carboxylic acids is 3. The van der Waals surface area contributed by atoms with E-state index in [2.05, 4.69) is 10.3 Å². The smallest absolute Gasteiger partial charge is 0.305 e. The fraction of sp³-hybridized carbons (Fsp3) is 0.385. The number of aryl methyl sites for hydroxylation is 1. The van der Waals surface area contributed by atoms with E-state index in [4.69, 9.17) is 4.42 Å². The number of imide groups is 1. The number of furan rings is 1. The predicted molar refractivity (Wildman–Crippen MR) is 134 cm³/mol. The maximum absolute atomic E-state index is 13.6. The number of likely N-dealkylation sites (tertiary alicyclic amines) is 1. The first-order valence-corrected chi connectivity index (χ1v) is 13.7. The Morgan fingerprint density at radius 3 is 2.69 bits per heavy atom. The molecule has 4 heterocycles. The van der Waals surface area contributed by atoms with E-state index in [0.29, 0.717) is 5.69 Å². The summed E-state index contributed by atoms with van der Waals surface area (Å²) in [6.07, 6.45) is 2.44. The molecule has 1 aromatic carbocycles. The second kappa shape index (κ2) is 7.94. The van der Waals surface area contributed by atoms with Gasteiger partial charge in [0.2, 0.25) is 17.7 Å². The third-order valence-corrected chi connectivity index (χ3v) is 10.9. The van der Waals surface area contributed by atoms with Crippen molar-refractivity contribution in [1.29, 1.82) is 0 Å². The average molecular weight is 522 g/mol. The van der Waals surface area contributed by atoms with Gasteiger partial charge < -0.3 is 14.7 Å². The van der Waals surface area contributed by atoms with Crippen LogP contribution in [-0.2, 0) is 14.4 Å². The van der Waals surface area contributed by atoms with Crippen LogP contribution in [0.25, 0.3) is 0 Å². The van der Waals surface area contributed by atoms with Crippen LogP contribution in [0, 0.1) is 36.5 Å². The summed E-state index contributed by atoms with van der Waals surface area (Å²) in [4.78, 5) is 57.1. The standard InChI is InChI=1S/C26H23N3O5S2/c1-11-4-2-5-12(8-11)27-16(30)10-29-24(31)18-13-9-14(19(18)25(29)32)21-17(13)20(15-6-3-7-34-15)22-23(35-21)28-26(33)36-22/h2-8,13-14,17-21H,9-10H2,1H3,(H,27,30)(H,28,33)/t13?,14?,17?,18?,19?,20-,21?/m1/s1. The number of hydrogen-bond acceptors (Lipinski definition) is 7. The van der Waals surface area contributed by atoms with Crippen LogP contribution in [0.1, 0.15) is 28.5 Å². The quantitative estimate of drug-likeness (QED) is 0.509. The number of thioether (sulfide) groups is 1. The third-order valence-electron chi connectivity index (χ3n) is 8.27. The first-order valence-electron chi connectivity index (χ1n) is 12.1. The van der Waals surface area contributed by atoms with Crippen molar-refractivity contribution in [1.82, 2.24) is 9.88 Å². The highest BCUT2D eigenvalue weighted by atomic mass is 32.2. The Hall–Kier alpha value is -3.11. The van der Waals surface area contributed by atoms with Gasteiger partial charge in [-0.1, -0.05) is 23.5 Å².